The summed E-state index contributed by atoms with van der Waals surface area (Å²) in [5, 5.41) is 8.54. The first-order valence-electron chi connectivity index (χ1n) is 9.78. The minimum Gasteiger partial charge on any atom is -0.493 e. The van der Waals surface area contributed by atoms with Crippen LogP contribution in [-0.4, -0.2) is 50.6 Å². The van der Waals surface area contributed by atoms with Crippen molar-refractivity contribution < 1.29 is 14.2 Å². The summed E-state index contributed by atoms with van der Waals surface area (Å²) in [4.78, 5) is 13.6. The average Bonchev–Trinajstić information content (AvgIpc) is 3.40. The Morgan fingerprint density at radius 1 is 1.00 bits per heavy atom. The van der Waals surface area contributed by atoms with Gasteiger partial charge in [-0.15, -0.1) is 0 Å². The number of fused-ring (bicyclic) bond motifs is 1. The lowest BCUT2D eigenvalue weighted by Crippen LogP contribution is -2.06. The van der Waals surface area contributed by atoms with Gasteiger partial charge in [-0.25, -0.2) is 14.6 Å². The van der Waals surface area contributed by atoms with Gasteiger partial charge in [0.15, 0.2) is 23.0 Å². The van der Waals surface area contributed by atoms with Gasteiger partial charge in [0.25, 0.3) is 0 Å². The smallest absolute Gasteiger partial charge is 0.230 e. The summed E-state index contributed by atoms with van der Waals surface area (Å²) in [6, 6.07) is 3.89. The average molecular weight is 423 g/mol. The number of hydrogen-bond acceptors (Lipinski definition) is 8. The van der Waals surface area contributed by atoms with E-state index in [9.17, 15) is 0 Å². The van der Waals surface area contributed by atoms with Gasteiger partial charge < -0.3 is 24.1 Å². The third kappa shape index (κ3) is 3.72. The summed E-state index contributed by atoms with van der Waals surface area (Å²) in [7, 11) is 4.74. The van der Waals surface area contributed by atoms with Crippen molar-refractivity contribution in [3.63, 3.8) is 0 Å². The molecule has 10 nitrogen and oxygen atoms in total. The number of benzene rings is 1. The first-order valence-corrected chi connectivity index (χ1v) is 9.78. The SMILES string of the molecule is COc1cc(-n2cnc(Nc3nc(C)c4cnn(C(C)C)c4n3)c2)cc(OC)c1OC. The molecule has 4 rings (SSSR count). The van der Waals surface area contributed by atoms with Crippen LogP contribution in [0.2, 0.25) is 0 Å². The molecule has 10 heteroatoms. The standard InChI is InChI=1S/C21H25N7O3/c1-12(2)28-20-15(9-23-28)13(3)24-21(26-20)25-18-10-27(11-22-18)14-7-16(29-4)19(31-6)17(8-14)30-5/h7-12H,1-6H3,(H,24,25,26). The number of aromatic nitrogens is 6. The molecular formula is C21H25N7O3. The number of nitrogens with one attached hydrogen (secondary N) is 1. The number of hydrogen-bond donors (Lipinski definition) is 1. The van der Waals surface area contributed by atoms with E-state index in [1.807, 2.05) is 34.5 Å². The largest absolute Gasteiger partial charge is 0.493 e. The Morgan fingerprint density at radius 3 is 2.32 bits per heavy atom. The second kappa shape index (κ2) is 8.13. The van der Waals surface area contributed by atoms with Crippen molar-refractivity contribution in [2.45, 2.75) is 26.8 Å². The molecule has 0 saturated heterocycles. The molecule has 0 bridgehead atoms. The van der Waals surface area contributed by atoms with Crippen LogP contribution in [0.5, 0.6) is 17.2 Å². The Hall–Kier alpha value is -3.82. The Balaban J connectivity index is 1.67. The highest BCUT2D eigenvalue weighted by molar-refractivity contribution is 5.78. The summed E-state index contributed by atoms with van der Waals surface area (Å²) >= 11 is 0. The maximum absolute atomic E-state index is 5.44. The van der Waals surface area contributed by atoms with Gasteiger partial charge in [-0.05, 0) is 20.8 Å². The molecule has 31 heavy (non-hydrogen) atoms. The lowest BCUT2D eigenvalue weighted by atomic mass is 10.2. The number of nitrogens with zero attached hydrogens (tertiary/aromatic N) is 6. The van der Waals surface area contributed by atoms with Crippen LogP contribution in [0.3, 0.4) is 0 Å². The molecule has 0 fully saturated rings. The Bertz CT molecular complexity index is 1200. The third-order valence-electron chi connectivity index (χ3n) is 4.90. The second-order valence-electron chi connectivity index (χ2n) is 7.23. The molecule has 0 atom stereocenters. The molecular weight excluding hydrogens is 398 g/mol. The predicted octanol–water partition coefficient (Wildman–Crippen LogP) is 3.67. The molecule has 0 saturated carbocycles. The Labute approximate surface area is 179 Å². The highest BCUT2D eigenvalue weighted by atomic mass is 16.5. The minimum absolute atomic E-state index is 0.193. The predicted molar refractivity (Wildman–Crippen MR) is 117 cm³/mol. The zero-order valence-corrected chi connectivity index (χ0v) is 18.4. The van der Waals surface area contributed by atoms with Crippen molar-refractivity contribution in [2.75, 3.05) is 26.6 Å². The van der Waals surface area contributed by atoms with Crippen molar-refractivity contribution >= 4 is 22.8 Å². The van der Waals surface area contributed by atoms with Crippen molar-refractivity contribution in [1.29, 1.82) is 0 Å². The fourth-order valence-corrected chi connectivity index (χ4v) is 3.36. The topological polar surface area (TPSA) is 101 Å². The number of methoxy groups -OCH3 is 3. The summed E-state index contributed by atoms with van der Waals surface area (Å²) < 4.78 is 20.0. The monoisotopic (exact) mass is 423 g/mol. The van der Waals surface area contributed by atoms with E-state index in [1.54, 1.807) is 33.9 Å². The van der Waals surface area contributed by atoms with Gasteiger partial charge in [0.05, 0.1) is 50.5 Å². The van der Waals surface area contributed by atoms with Crippen LogP contribution >= 0.6 is 0 Å². The summed E-state index contributed by atoms with van der Waals surface area (Å²) in [6.45, 7) is 6.07. The van der Waals surface area contributed by atoms with Crippen LogP contribution in [0.1, 0.15) is 25.6 Å². The van der Waals surface area contributed by atoms with E-state index in [0.717, 1.165) is 22.4 Å². The van der Waals surface area contributed by atoms with Gasteiger partial charge in [-0.1, -0.05) is 0 Å². The van der Waals surface area contributed by atoms with E-state index >= 15 is 0 Å². The third-order valence-corrected chi connectivity index (χ3v) is 4.90. The molecule has 1 N–H and O–H groups in total. The quantitative estimate of drug-likeness (QED) is 0.480. The normalized spacial score (nSPS) is 11.2. The lowest BCUT2D eigenvalue weighted by Gasteiger charge is -2.14. The number of anilines is 2. The molecule has 0 unspecified atom stereocenters. The van der Waals surface area contributed by atoms with Crippen LogP contribution in [0, 0.1) is 6.92 Å². The van der Waals surface area contributed by atoms with E-state index < -0.39 is 0 Å². The number of ether oxygens (including phenoxy) is 3. The Morgan fingerprint density at radius 2 is 1.71 bits per heavy atom. The molecule has 0 radical (unpaired) electrons. The minimum atomic E-state index is 0.193. The summed E-state index contributed by atoms with van der Waals surface area (Å²) in [5.41, 5.74) is 2.44. The molecule has 0 aliphatic rings. The van der Waals surface area contributed by atoms with Gasteiger partial charge in [-0.2, -0.15) is 10.1 Å². The van der Waals surface area contributed by atoms with E-state index in [0.29, 0.717) is 29.0 Å². The fraction of sp³-hybridized carbons (Fsp3) is 0.333. The molecule has 1 aromatic carbocycles. The van der Waals surface area contributed by atoms with Crippen molar-refractivity contribution in [3.05, 3.63) is 36.5 Å². The molecule has 0 amide bonds. The first-order chi connectivity index (χ1) is 14.9. The molecule has 162 valence electrons. The molecule has 3 aromatic heterocycles. The van der Waals surface area contributed by atoms with Crippen LogP contribution in [0.4, 0.5) is 11.8 Å². The van der Waals surface area contributed by atoms with Gasteiger partial charge in [-0.3, -0.25) is 0 Å². The zero-order chi connectivity index (χ0) is 22.1. The van der Waals surface area contributed by atoms with E-state index in [1.165, 1.54) is 0 Å². The van der Waals surface area contributed by atoms with Crippen LogP contribution in [0.15, 0.2) is 30.9 Å². The zero-order valence-electron chi connectivity index (χ0n) is 18.4. The maximum Gasteiger partial charge on any atom is 0.230 e. The second-order valence-corrected chi connectivity index (χ2v) is 7.23. The van der Waals surface area contributed by atoms with E-state index in [4.69, 9.17) is 14.2 Å². The highest BCUT2D eigenvalue weighted by Crippen LogP contribution is 2.39. The number of imidazole rings is 1. The van der Waals surface area contributed by atoms with E-state index in [2.05, 4.69) is 39.2 Å². The van der Waals surface area contributed by atoms with Crippen molar-refractivity contribution in [1.82, 2.24) is 29.3 Å². The van der Waals surface area contributed by atoms with Gasteiger partial charge in [0.1, 0.15) is 6.33 Å². The van der Waals surface area contributed by atoms with Crippen molar-refractivity contribution in [2.24, 2.45) is 0 Å². The molecule has 4 aromatic rings. The summed E-state index contributed by atoms with van der Waals surface area (Å²) in [5.74, 6) is 2.72. The Kier molecular flexibility index (Phi) is 5.37. The van der Waals surface area contributed by atoms with Crippen molar-refractivity contribution in [3.8, 4) is 22.9 Å². The molecule has 0 aliphatic heterocycles. The molecule has 3 heterocycles. The number of rotatable bonds is 7. The van der Waals surface area contributed by atoms with Gasteiger partial charge in [0, 0.05) is 18.2 Å². The number of aryl methyl sites for hydroxylation is 1. The van der Waals surface area contributed by atoms with Crippen LogP contribution in [0.25, 0.3) is 16.7 Å². The fourth-order valence-electron chi connectivity index (χ4n) is 3.36. The van der Waals surface area contributed by atoms with Gasteiger partial charge in [0.2, 0.25) is 11.7 Å². The molecule has 0 aliphatic carbocycles. The first kappa shape index (κ1) is 20.5. The maximum atomic E-state index is 5.44. The lowest BCUT2D eigenvalue weighted by molar-refractivity contribution is 0.324. The van der Waals surface area contributed by atoms with Crippen LogP contribution < -0.4 is 19.5 Å². The molecule has 0 spiro atoms. The highest BCUT2D eigenvalue weighted by Gasteiger charge is 2.16. The summed E-state index contributed by atoms with van der Waals surface area (Å²) in [6.07, 6.45) is 5.32. The van der Waals surface area contributed by atoms with Crippen LogP contribution in [-0.2, 0) is 0 Å². The van der Waals surface area contributed by atoms with E-state index in [-0.39, 0.29) is 6.04 Å². The van der Waals surface area contributed by atoms with Gasteiger partial charge >= 0.3 is 0 Å².